The zero-order chi connectivity index (χ0) is 67.1. The second kappa shape index (κ2) is 35.7. The summed E-state index contributed by atoms with van der Waals surface area (Å²) >= 11 is 0. The van der Waals surface area contributed by atoms with E-state index in [1.165, 1.54) is 0 Å². The van der Waals surface area contributed by atoms with Crippen molar-refractivity contribution in [1.29, 1.82) is 0 Å². The van der Waals surface area contributed by atoms with E-state index in [9.17, 15) is 30.0 Å². The van der Waals surface area contributed by atoms with Crippen LogP contribution in [0.25, 0.3) is 0 Å². The number of phenolic OH excluding ortho intramolecular Hbond substituents is 4. The zero-order valence-electron chi connectivity index (χ0n) is 58.3. The zero-order valence-corrected chi connectivity index (χ0v) is 58.3. The topological polar surface area (TPSA) is 207 Å². The molecule has 0 atom stereocenters. The Labute approximate surface area is 539 Å². The minimum Gasteiger partial charge on any atom is -0.507 e. The predicted molar refractivity (Wildman–Crippen MR) is 355 cm³/mol. The van der Waals surface area contributed by atoms with Crippen molar-refractivity contribution in [3.63, 3.8) is 0 Å². The van der Waals surface area contributed by atoms with Crippen LogP contribution in [0, 0.1) is 0 Å². The molecule has 4 aromatic carbocycles. The summed E-state index contributed by atoms with van der Waals surface area (Å²) in [6.07, 6.45) is 2.26. The predicted octanol–water partition coefficient (Wildman–Crippen LogP) is 13.3. The number of hydrogen-bond acceptors (Lipinski definition) is 16. The highest BCUT2D eigenvalue weighted by Gasteiger charge is 2.30. The van der Waals surface area contributed by atoms with Crippen LogP contribution in [0.3, 0.4) is 0 Å². The molecular formula is C74H114O16. The molecular weight excluding hydrogens is 1140 g/mol. The molecule has 0 saturated heterocycles. The van der Waals surface area contributed by atoms with E-state index in [-0.39, 0.29) is 95.2 Å². The van der Waals surface area contributed by atoms with E-state index in [2.05, 4.69) is 125 Å². The molecule has 4 N–H and O–H groups in total. The van der Waals surface area contributed by atoms with Crippen molar-refractivity contribution in [3.05, 3.63) is 115 Å². The number of rotatable bonds is 37. The molecule has 0 saturated carbocycles. The maximum atomic E-state index is 12.8. The molecule has 4 aromatic rings. The van der Waals surface area contributed by atoms with Crippen LogP contribution in [-0.2, 0) is 115 Å². The lowest BCUT2D eigenvalue weighted by Gasteiger charge is -2.28. The number of hydrogen-bond donors (Lipinski definition) is 4. The maximum Gasteiger partial charge on any atom is 0.306 e. The van der Waals surface area contributed by atoms with Crippen LogP contribution >= 0.6 is 0 Å². The Morgan fingerprint density at radius 3 is 0.678 bits per heavy atom. The van der Waals surface area contributed by atoms with E-state index < -0.39 is 0 Å². The Kier molecular flexibility index (Phi) is 30.6. The van der Waals surface area contributed by atoms with Gasteiger partial charge in [0.2, 0.25) is 0 Å². The minimum absolute atomic E-state index is 0.139. The second-order valence-electron chi connectivity index (χ2n) is 29.6. The van der Waals surface area contributed by atoms with Crippen molar-refractivity contribution in [2.24, 2.45) is 0 Å². The third-order valence-electron chi connectivity index (χ3n) is 15.3. The molecule has 0 heterocycles. The molecule has 0 aliphatic rings. The molecule has 16 nitrogen and oxygen atoms in total. The van der Waals surface area contributed by atoms with Gasteiger partial charge in [-0.15, -0.1) is 0 Å². The van der Waals surface area contributed by atoms with Gasteiger partial charge < -0.3 is 67.8 Å². The van der Waals surface area contributed by atoms with Gasteiger partial charge in [0.1, 0.15) is 36.2 Å². The first-order chi connectivity index (χ1) is 42.0. The summed E-state index contributed by atoms with van der Waals surface area (Å²) in [5.41, 5.74) is 8.83. The summed E-state index contributed by atoms with van der Waals surface area (Å²) in [6.45, 7) is 44.0. The summed E-state index contributed by atoms with van der Waals surface area (Å²) < 4.78 is 55.6. The SMILES string of the molecule is CC(C)(C)c1cc(CCC(=O)OCCOCCOCCOCCOCCOCCOCCOCCOCCOC(=O)CCc2cc(Cc3cc(C(C)(C)C)c(O)c(C(C)(C)C)c3)c(O)c(C(C)(C)C)c2)cc(Cc2cc(C(C)(C)C)c(O)c(C(C)(C)C)c2)c1O. The molecule has 90 heavy (non-hydrogen) atoms. The highest BCUT2D eigenvalue weighted by Crippen LogP contribution is 2.44. The Hall–Kier alpha value is -5.30. The summed E-state index contributed by atoms with van der Waals surface area (Å²) in [5, 5.41) is 45.6. The molecule has 0 aliphatic heterocycles. The van der Waals surface area contributed by atoms with Crippen molar-refractivity contribution in [3.8, 4) is 23.0 Å². The lowest BCUT2D eigenvalue weighted by Crippen LogP contribution is -2.18. The number of phenols is 4. The van der Waals surface area contributed by atoms with Crippen molar-refractivity contribution < 1.29 is 77.4 Å². The van der Waals surface area contributed by atoms with Crippen LogP contribution in [-0.4, -0.2) is 151 Å². The van der Waals surface area contributed by atoms with Crippen LogP contribution in [0.15, 0.2) is 48.5 Å². The molecule has 16 heteroatoms. The van der Waals surface area contributed by atoms with E-state index >= 15 is 0 Å². The van der Waals surface area contributed by atoms with Gasteiger partial charge in [-0.05, 0) is 112 Å². The largest absolute Gasteiger partial charge is 0.507 e. The van der Waals surface area contributed by atoms with Gasteiger partial charge in [0.15, 0.2) is 0 Å². The number of aromatic hydroxyl groups is 4. The fraction of sp³-hybridized carbons (Fsp3) is 0.649. The summed E-state index contributed by atoms with van der Waals surface area (Å²) in [4.78, 5) is 25.5. The molecule has 0 unspecified atom stereocenters. The Morgan fingerprint density at radius 1 is 0.278 bits per heavy atom. The van der Waals surface area contributed by atoms with E-state index in [0.717, 1.165) is 66.8 Å². The first-order valence-corrected chi connectivity index (χ1v) is 32.4. The molecule has 0 aliphatic carbocycles. The molecule has 0 amide bonds. The van der Waals surface area contributed by atoms with Crippen molar-refractivity contribution in [1.82, 2.24) is 0 Å². The van der Waals surface area contributed by atoms with Crippen LogP contribution in [0.1, 0.15) is 204 Å². The van der Waals surface area contributed by atoms with Gasteiger partial charge in [-0.1, -0.05) is 173 Å². The van der Waals surface area contributed by atoms with Crippen LogP contribution in [0.4, 0.5) is 0 Å². The average molecular weight is 1260 g/mol. The molecule has 4 rings (SSSR count). The van der Waals surface area contributed by atoms with Crippen molar-refractivity contribution in [2.75, 3.05) is 119 Å². The Bertz CT molecular complexity index is 2580. The molecule has 0 aromatic heterocycles. The Balaban J connectivity index is 0.953. The molecule has 0 spiro atoms. The van der Waals surface area contributed by atoms with E-state index in [4.69, 9.17) is 47.4 Å². The summed E-state index contributed by atoms with van der Waals surface area (Å²) in [6, 6.07) is 16.1. The summed E-state index contributed by atoms with van der Waals surface area (Å²) in [5.74, 6) is 0.518. The summed E-state index contributed by atoms with van der Waals surface area (Å²) in [7, 11) is 0. The quantitative estimate of drug-likeness (QED) is 0.0245. The normalized spacial score (nSPS) is 12.7. The average Bonchev–Trinajstić information content (AvgIpc) is 0.809. The molecule has 506 valence electrons. The van der Waals surface area contributed by atoms with Crippen LogP contribution in [0.2, 0.25) is 0 Å². The number of ether oxygens (including phenoxy) is 10. The number of esters is 2. The van der Waals surface area contributed by atoms with Crippen LogP contribution < -0.4 is 0 Å². The number of carbonyl (C=O) groups is 2. The lowest BCUT2D eigenvalue weighted by molar-refractivity contribution is -0.146. The molecule has 0 fully saturated rings. The number of benzene rings is 4. The fourth-order valence-electron chi connectivity index (χ4n) is 10.2. The maximum absolute atomic E-state index is 12.8. The molecule has 0 bridgehead atoms. The van der Waals surface area contributed by atoms with Gasteiger partial charge in [0.05, 0.1) is 106 Å². The van der Waals surface area contributed by atoms with E-state index in [1.807, 2.05) is 48.5 Å². The minimum atomic E-state index is -0.329. The van der Waals surface area contributed by atoms with Gasteiger partial charge in [-0.3, -0.25) is 9.59 Å². The number of carbonyl (C=O) groups excluding carboxylic acids is 2. The van der Waals surface area contributed by atoms with E-state index in [1.54, 1.807) is 0 Å². The number of aryl methyl sites for hydroxylation is 2. The first kappa shape index (κ1) is 77.1. The third kappa shape index (κ3) is 26.7. The van der Waals surface area contributed by atoms with Gasteiger partial charge >= 0.3 is 11.9 Å². The van der Waals surface area contributed by atoms with Gasteiger partial charge in [0.25, 0.3) is 0 Å². The Morgan fingerprint density at radius 2 is 0.467 bits per heavy atom. The lowest BCUT2D eigenvalue weighted by atomic mass is 9.77. The fourth-order valence-corrected chi connectivity index (χ4v) is 10.2. The monoisotopic (exact) mass is 1260 g/mol. The smallest absolute Gasteiger partial charge is 0.306 e. The standard InChI is InChI=1S/C74H114O16/c1-69(2,3)57-45-51(41-55(65(57)77)43-53-47-59(71(7,8)9)67(79)60(48-53)72(10,11)12)19-21-63(75)89-39-37-87-35-33-85-31-29-83-27-25-81-23-24-82-26-28-84-30-32-86-34-36-88-38-40-90-64(76)22-20-52-42-56(66(78)58(46-52)70(4,5)6)44-54-49-61(73(13,14)15)68(80)62(50-54)74(16,17)18/h41-42,45-50,77-80H,19-40,43-44H2,1-18H3. The van der Waals surface area contributed by atoms with Crippen molar-refractivity contribution >= 4 is 11.9 Å². The van der Waals surface area contributed by atoms with Crippen LogP contribution in [0.5, 0.6) is 23.0 Å². The second-order valence-corrected chi connectivity index (χ2v) is 29.6. The van der Waals surface area contributed by atoms with Crippen molar-refractivity contribution in [2.45, 2.75) is 196 Å². The van der Waals surface area contributed by atoms with Gasteiger partial charge in [-0.2, -0.15) is 0 Å². The van der Waals surface area contributed by atoms with E-state index in [0.29, 0.717) is 130 Å². The third-order valence-corrected chi connectivity index (χ3v) is 15.3. The van der Waals surface area contributed by atoms with Gasteiger partial charge in [-0.25, -0.2) is 0 Å². The van der Waals surface area contributed by atoms with Gasteiger partial charge in [0, 0.05) is 25.7 Å². The highest BCUT2D eigenvalue weighted by molar-refractivity contribution is 5.70. The highest BCUT2D eigenvalue weighted by atomic mass is 16.6. The first-order valence-electron chi connectivity index (χ1n) is 32.4. The molecule has 0 radical (unpaired) electrons.